The van der Waals surface area contributed by atoms with Gasteiger partial charge in [0, 0.05) is 23.1 Å². The fourth-order valence-electron chi connectivity index (χ4n) is 2.94. The highest BCUT2D eigenvalue weighted by molar-refractivity contribution is 6.09. The molecule has 0 aliphatic rings. The summed E-state index contributed by atoms with van der Waals surface area (Å²) in [5, 5.41) is 11.5. The molecule has 0 unspecified atom stereocenters. The molecule has 6 heteroatoms. The third-order valence-electron chi connectivity index (χ3n) is 4.62. The molecule has 30 heavy (non-hydrogen) atoms. The lowest BCUT2D eigenvalue weighted by atomic mass is 9.99. The number of ketones is 1. The van der Waals surface area contributed by atoms with Crippen molar-refractivity contribution >= 4 is 17.6 Å². The average Bonchev–Trinajstić information content (AvgIpc) is 2.79. The monoisotopic (exact) mass is 397 g/mol. The second-order valence-corrected chi connectivity index (χ2v) is 6.71. The molecule has 0 bridgehead atoms. The summed E-state index contributed by atoms with van der Waals surface area (Å²) in [6.45, 7) is 0. The number of nitriles is 1. The Kier molecular flexibility index (Phi) is 6.36. The van der Waals surface area contributed by atoms with E-state index in [-0.39, 0.29) is 12.2 Å². The summed E-state index contributed by atoms with van der Waals surface area (Å²) in [5.41, 5.74) is 8.09. The SMILES string of the molecule is N#Cc1ccc(C(=O)N[C@H](Cc2ccc(C(=O)c3ccccc3)cc2)C(N)=O)cc1. The molecular weight excluding hydrogens is 378 g/mol. The Balaban J connectivity index is 1.69. The van der Waals surface area contributed by atoms with Gasteiger partial charge in [0.2, 0.25) is 5.91 Å². The van der Waals surface area contributed by atoms with Crippen molar-refractivity contribution in [3.05, 3.63) is 107 Å². The summed E-state index contributed by atoms with van der Waals surface area (Å²) in [5.74, 6) is -1.22. The lowest BCUT2D eigenvalue weighted by Crippen LogP contribution is -2.45. The molecule has 3 aromatic rings. The first-order chi connectivity index (χ1) is 14.5. The van der Waals surface area contributed by atoms with Gasteiger partial charge in [0.15, 0.2) is 5.78 Å². The van der Waals surface area contributed by atoms with Crippen molar-refractivity contribution in [3.8, 4) is 6.07 Å². The summed E-state index contributed by atoms with van der Waals surface area (Å²) < 4.78 is 0. The molecule has 0 saturated carbocycles. The van der Waals surface area contributed by atoms with Crippen LogP contribution in [0.3, 0.4) is 0 Å². The second-order valence-electron chi connectivity index (χ2n) is 6.71. The van der Waals surface area contributed by atoms with Gasteiger partial charge in [-0.25, -0.2) is 0 Å². The summed E-state index contributed by atoms with van der Waals surface area (Å²) in [6.07, 6.45) is 0.192. The van der Waals surface area contributed by atoms with E-state index < -0.39 is 17.9 Å². The second kappa shape index (κ2) is 9.30. The zero-order chi connectivity index (χ0) is 21.5. The number of hydrogen-bond acceptors (Lipinski definition) is 4. The van der Waals surface area contributed by atoms with Gasteiger partial charge in [-0.1, -0.05) is 54.6 Å². The van der Waals surface area contributed by atoms with Crippen LogP contribution in [0, 0.1) is 11.3 Å². The molecule has 0 aromatic heterocycles. The predicted octanol–water partition coefficient (Wildman–Crippen LogP) is 2.62. The standard InChI is InChI=1S/C24H19N3O3/c25-15-17-8-12-20(13-9-17)24(30)27-21(23(26)29)14-16-6-10-19(11-7-16)22(28)18-4-2-1-3-5-18/h1-13,21H,14H2,(H2,26,29)(H,27,30)/t21-/m1/s1. The van der Waals surface area contributed by atoms with Crippen LogP contribution >= 0.6 is 0 Å². The van der Waals surface area contributed by atoms with Crippen LogP contribution in [0.15, 0.2) is 78.9 Å². The van der Waals surface area contributed by atoms with Gasteiger partial charge in [-0.15, -0.1) is 0 Å². The smallest absolute Gasteiger partial charge is 0.251 e. The first kappa shape index (κ1) is 20.5. The van der Waals surface area contributed by atoms with Gasteiger partial charge in [-0.3, -0.25) is 14.4 Å². The van der Waals surface area contributed by atoms with Gasteiger partial charge in [0.05, 0.1) is 11.6 Å². The Morgan fingerprint density at radius 3 is 1.97 bits per heavy atom. The Morgan fingerprint density at radius 2 is 1.40 bits per heavy atom. The molecule has 0 aliphatic heterocycles. The molecule has 0 aliphatic carbocycles. The predicted molar refractivity (Wildman–Crippen MR) is 112 cm³/mol. The topological polar surface area (TPSA) is 113 Å². The van der Waals surface area contributed by atoms with E-state index >= 15 is 0 Å². The van der Waals surface area contributed by atoms with E-state index in [1.807, 2.05) is 12.1 Å². The normalized spacial score (nSPS) is 11.2. The van der Waals surface area contributed by atoms with Crippen molar-refractivity contribution in [1.29, 1.82) is 5.26 Å². The van der Waals surface area contributed by atoms with Crippen molar-refractivity contribution in [3.63, 3.8) is 0 Å². The number of carbonyl (C=O) groups excluding carboxylic acids is 3. The fourth-order valence-corrected chi connectivity index (χ4v) is 2.94. The molecule has 148 valence electrons. The Bertz CT molecular complexity index is 1100. The minimum Gasteiger partial charge on any atom is -0.368 e. The molecule has 3 rings (SSSR count). The molecule has 3 aromatic carbocycles. The van der Waals surface area contributed by atoms with Crippen LogP contribution in [0.4, 0.5) is 0 Å². The van der Waals surface area contributed by atoms with E-state index in [4.69, 9.17) is 11.0 Å². The highest BCUT2D eigenvalue weighted by Crippen LogP contribution is 2.13. The molecule has 2 amide bonds. The van der Waals surface area contributed by atoms with Crippen molar-refractivity contribution < 1.29 is 14.4 Å². The highest BCUT2D eigenvalue weighted by Gasteiger charge is 2.20. The number of nitrogens with two attached hydrogens (primary N) is 1. The molecule has 3 N–H and O–H groups in total. The molecule has 6 nitrogen and oxygen atoms in total. The van der Waals surface area contributed by atoms with Crippen molar-refractivity contribution in [2.45, 2.75) is 12.5 Å². The van der Waals surface area contributed by atoms with Crippen LogP contribution in [-0.2, 0) is 11.2 Å². The quantitative estimate of drug-likeness (QED) is 0.597. The van der Waals surface area contributed by atoms with E-state index in [0.717, 1.165) is 5.56 Å². The minimum absolute atomic E-state index is 0.0947. The fraction of sp³-hybridized carbons (Fsp3) is 0.0833. The van der Waals surface area contributed by atoms with Crippen molar-refractivity contribution in [1.82, 2.24) is 5.32 Å². The Labute approximate surface area is 174 Å². The summed E-state index contributed by atoms with van der Waals surface area (Å²) >= 11 is 0. The van der Waals surface area contributed by atoms with E-state index in [9.17, 15) is 14.4 Å². The van der Waals surface area contributed by atoms with Gasteiger partial charge in [0.1, 0.15) is 6.04 Å². The van der Waals surface area contributed by atoms with Crippen LogP contribution in [0.25, 0.3) is 0 Å². The number of rotatable bonds is 7. The van der Waals surface area contributed by atoms with E-state index in [1.54, 1.807) is 48.5 Å². The summed E-state index contributed by atoms with van der Waals surface area (Å²) in [7, 11) is 0. The molecule has 0 heterocycles. The third kappa shape index (κ3) is 4.97. The third-order valence-corrected chi connectivity index (χ3v) is 4.62. The van der Waals surface area contributed by atoms with Gasteiger partial charge in [-0.05, 0) is 29.8 Å². The van der Waals surface area contributed by atoms with E-state index in [0.29, 0.717) is 22.3 Å². The Morgan fingerprint density at radius 1 is 0.833 bits per heavy atom. The number of nitrogens with one attached hydrogen (secondary N) is 1. The summed E-state index contributed by atoms with van der Waals surface area (Å²) in [6, 6.07) is 22.9. The minimum atomic E-state index is -0.913. The van der Waals surface area contributed by atoms with Crippen LogP contribution < -0.4 is 11.1 Å². The number of benzene rings is 3. The molecule has 1 atom stereocenters. The van der Waals surface area contributed by atoms with Crippen molar-refractivity contribution in [2.24, 2.45) is 5.73 Å². The Hall–Kier alpha value is -4.24. The zero-order valence-corrected chi connectivity index (χ0v) is 16.0. The maximum absolute atomic E-state index is 12.5. The van der Waals surface area contributed by atoms with Gasteiger partial charge >= 0.3 is 0 Å². The number of nitrogens with zero attached hydrogens (tertiary/aromatic N) is 1. The van der Waals surface area contributed by atoms with Crippen LogP contribution in [0.2, 0.25) is 0 Å². The van der Waals surface area contributed by atoms with E-state index in [1.165, 1.54) is 24.3 Å². The van der Waals surface area contributed by atoms with Gasteiger partial charge in [-0.2, -0.15) is 5.26 Å². The van der Waals surface area contributed by atoms with Gasteiger partial charge in [0.25, 0.3) is 5.91 Å². The molecule has 0 saturated heterocycles. The van der Waals surface area contributed by atoms with Crippen LogP contribution in [0.5, 0.6) is 0 Å². The molecule has 0 fully saturated rings. The van der Waals surface area contributed by atoms with E-state index in [2.05, 4.69) is 5.32 Å². The maximum Gasteiger partial charge on any atom is 0.251 e. The number of amides is 2. The lowest BCUT2D eigenvalue weighted by Gasteiger charge is -2.16. The molecular formula is C24H19N3O3. The number of primary amides is 1. The number of carbonyl (C=O) groups is 3. The first-order valence-electron chi connectivity index (χ1n) is 9.27. The van der Waals surface area contributed by atoms with Crippen LogP contribution in [0.1, 0.15) is 37.4 Å². The number of hydrogen-bond donors (Lipinski definition) is 2. The zero-order valence-electron chi connectivity index (χ0n) is 16.0. The first-order valence-corrected chi connectivity index (χ1v) is 9.27. The largest absolute Gasteiger partial charge is 0.368 e. The highest BCUT2D eigenvalue weighted by atomic mass is 16.2. The molecule has 0 radical (unpaired) electrons. The average molecular weight is 397 g/mol. The van der Waals surface area contributed by atoms with Crippen molar-refractivity contribution in [2.75, 3.05) is 0 Å². The van der Waals surface area contributed by atoms with Gasteiger partial charge < -0.3 is 11.1 Å². The maximum atomic E-state index is 12.5. The lowest BCUT2D eigenvalue weighted by molar-refractivity contribution is -0.119. The molecule has 0 spiro atoms. The summed E-state index contributed by atoms with van der Waals surface area (Å²) in [4.78, 5) is 36.7. The van der Waals surface area contributed by atoms with Crippen LogP contribution in [-0.4, -0.2) is 23.6 Å².